The molecule has 1 aromatic carbocycles. The third kappa shape index (κ3) is 4.87. The van der Waals surface area contributed by atoms with Gasteiger partial charge < -0.3 is 19.5 Å². The third-order valence-electron chi connectivity index (χ3n) is 4.10. The number of aromatic nitrogens is 4. The first-order chi connectivity index (χ1) is 13.9. The standard InChI is InChI=1S/C18H20N4O6S/c1-21-15-14(16(26)20-17(21)27)22(18(19-15)29-8-7-13(24)25)9-11(23)10-28-12-5-3-2-4-6-12/h2-6,11,23H,7-10H2,1H3,(H,24,25)(H,20,26,27)/t11-/m1/s1. The molecule has 0 fully saturated rings. The molecule has 0 aliphatic carbocycles. The molecule has 0 aliphatic heterocycles. The number of aliphatic hydroxyl groups excluding tert-OH is 1. The number of fused-ring (bicyclic) bond motifs is 1. The van der Waals surface area contributed by atoms with Crippen molar-refractivity contribution in [1.29, 1.82) is 0 Å². The number of rotatable bonds is 9. The van der Waals surface area contributed by atoms with Gasteiger partial charge in [0, 0.05) is 12.8 Å². The molecule has 0 aliphatic rings. The molecule has 10 nitrogen and oxygen atoms in total. The van der Waals surface area contributed by atoms with Gasteiger partial charge in [0.15, 0.2) is 16.3 Å². The summed E-state index contributed by atoms with van der Waals surface area (Å²) in [5, 5.41) is 19.6. The number of benzene rings is 1. The Kier molecular flexibility index (Phi) is 6.39. The van der Waals surface area contributed by atoms with Gasteiger partial charge >= 0.3 is 11.7 Å². The van der Waals surface area contributed by atoms with E-state index in [1.54, 1.807) is 12.1 Å². The van der Waals surface area contributed by atoms with Gasteiger partial charge in [-0.05, 0) is 12.1 Å². The number of aliphatic carboxylic acids is 1. The maximum Gasteiger partial charge on any atom is 0.329 e. The van der Waals surface area contributed by atoms with Gasteiger partial charge in [0.05, 0.1) is 13.0 Å². The Hall–Kier alpha value is -3.05. The average molecular weight is 420 g/mol. The molecule has 2 aromatic heterocycles. The van der Waals surface area contributed by atoms with Crippen molar-refractivity contribution in [3.05, 3.63) is 51.2 Å². The molecule has 3 rings (SSSR count). The largest absolute Gasteiger partial charge is 0.491 e. The SMILES string of the molecule is Cn1c(=O)[nH]c(=O)c2c1nc(SCCC(=O)O)n2C[C@@H](O)COc1ccccc1. The lowest BCUT2D eigenvalue weighted by atomic mass is 10.3. The molecule has 0 saturated carbocycles. The number of nitrogens with zero attached hydrogens (tertiary/aromatic N) is 3. The zero-order valence-corrected chi connectivity index (χ0v) is 16.4. The summed E-state index contributed by atoms with van der Waals surface area (Å²) in [5.41, 5.74) is -0.949. The van der Waals surface area contributed by atoms with Gasteiger partial charge in [-0.15, -0.1) is 0 Å². The molecule has 2 heterocycles. The number of thioether (sulfide) groups is 1. The van der Waals surface area contributed by atoms with Crippen LogP contribution in [-0.2, 0) is 18.4 Å². The Morgan fingerprint density at radius 3 is 2.72 bits per heavy atom. The zero-order chi connectivity index (χ0) is 21.0. The number of carboxylic acids is 1. The minimum atomic E-state index is -0.969. The molecule has 0 amide bonds. The monoisotopic (exact) mass is 420 g/mol. The average Bonchev–Trinajstić information content (AvgIpc) is 3.04. The Bertz CT molecular complexity index is 1120. The molecule has 154 valence electrons. The number of carboxylic acid groups (broad SMARTS) is 1. The van der Waals surface area contributed by atoms with Crippen molar-refractivity contribution in [3.8, 4) is 5.75 Å². The summed E-state index contributed by atoms with van der Waals surface area (Å²) in [4.78, 5) is 41.6. The number of nitrogens with one attached hydrogen (secondary N) is 1. The first kappa shape index (κ1) is 20.7. The summed E-state index contributed by atoms with van der Waals surface area (Å²) in [6.07, 6.45) is -1.06. The number of carbonyl (C=O) groups is 1. The predicted molar refractivity (Wildman–Crippen MR) is 107 cm³/mol. The van der Waals surface area contributed by atoms with E-state index in [1.807, 2.05) is 18.2 Å². The van der Waals surface area contributed by atoms with Crippen LogP contribution in [0.25, 0.3) is 11.2 Å². The normalized spacial score (nSPS) is 12.2. The van der Waals surface area contributed by atoms with Crippen molar-refractivity contribution in [3.63, 3.8) is 0 Å². The van der Waals surface area contributed by atoms with Gasteiger partial charge in [-0.3, -0.25) is 19.1 Å². The first-order valence-corrected chi connectivity index (χ1v) is 9.75. The van der Waals surface area contributed by atoms with Gasteiger partial charge in [0.1, 0.15) is 18.5 Å². The lowest BCUT2D eigenvalue weighted by Crippen LogP contribution is -2.30. The van der Waals surface area contributed by atoms with Crippen molar-refractivity contribution in [2.75, 3.05) is 12.4 Å². The van der Waals surface area contributed by atoms with E-state index in [0.29, 0.717) is 10.9 Å². The molecular formula is C18H20N4O6S. The van der Waals surface area contributed by atoms with Gasteiger partial charge in [-0.2, -0.15) is 0 Å². The zero-order valence-electron chi connectivity index (χ0n) is 15.6. The number of aryl methyl sites for hydroxylation is 1. The van der Waals surface area contributed by atoms with Crippen molar-refractivity contribution in [2.24, 2.45) is 7.05 Å². The summed E-state index contributed by atoms with van der Waals surface area (Å²) in [7, 11) is 1.47. The fourth-order valence-electron chi connectivity index (χ4n) is 2.70. The maximum absolute atomic E-state index is 12.4. The van der Waals surface area contributed by atoms with Gasteiger partial charge in [0.25, 0.3) is 5.56 Å². The molecule has 0 spiro atoms. The van der Waals surface area contributed by atoms with Crippen molar-refractivity contribution >= 4 is 28.9 Å². The van der Waals surface area contributed by atoms with Gasteiger partial charge in [-0.25, -0.2) is 9.78 Å². The van der Waals surface area contributed by atoms with E-state index in [9.17, 15) is 19.5 Å². The lowest BCUT2D eigenvalue weighted by molar-refractivity contribution is -0.136. The Morgan fingerprint density at radius 2 is 2.03 bits per heavy atom. The number of imidazole rings is 1. The number of aliphatic hydroxyl groups is 1. The molecular weight excluding hydrogens is 400 g/mol. The van der Waals surface area contributed by atoms with E-state index >= 15 is 0 Å². The van der Waals surface area contributed by atoms with Crippen molar-refractivity contribution in [1.82, 2.24) is 19.1 Å². The van der Waals surface area contributed by atoms with Crippen LogP contribution < -0.4 is 16.0 Å². The van der Waals surface area contributed by atoms with E-state index in [1.165, 1.54) is 16.2 Å². The number of hydrogen-bond donors (Lipinski definition) is 3. The minimum absolute atomic E-state index is 0.0139. The van der Waals surface area contributed by atoms with Crippen LogP contribution in [0, 0.1) is 0 Å². The summed E-state index contributed by atoms with van der Waals surface area (Å²) in [6.45, 7) is -0.0351. The van der Waals surface area contributed by atoms with Crippen LogP contribution >= 0.6 is 11.8 Å². The summed E-state index contributed by atoms with van der Waals surface area (Å²) in [6, 6.07) is 8.97. The highest BCUT2D eigenvalue weighted by Gasteiger charge is 2.20. The topological polar surface area (TPSA) is 139 Å². The number of ether oxygens (including phenoxy) is 1. The molecule has 3 aromatic rings. The van der Waals surface area contributed by atoms with E-state index in [4.69, 9.17) is 9.84 Å². The van der Waals surface area contributed by atoms with Crippen LogP contribution in [0.15, 0.2) is 45.1 Å². The number of hydrogen-bond acceptors (Lipinski definition) is 7. The van der Waals surface area contributed by atoms with Crippen molar-refractivity contribution < 1.29 is 19.7 Å². The molecule has 3 N–H and O–H groups in total. The second kappa shape index (κ2) is 8.97. The van der Waals surface area contributed by atoms with Crippen LogP contribution in [-0.4, -0.2) is 53.7 Å². The summed E-state index contributed by atoms with van der Waals surface area (Å²) in [5.74, 6) is -0.138. The van der Waals surface area contributed by atoms with Crippen LogP contribution in [0.3, 0.4) is 0 Å². The molecule has 0 bridgehead atoms. The number of H-pyrrole nitrogens is 1. The van der Waals surface area contributed by atoms with Crippen LogP contribution in [0.4, 0.5) is 0 Å². The Labute approximate surface area is 168 Å². The van der Waals surface area contributed by atoms with E-state index < -0.39 is 23.3 Å². The molecule has 1 atom stereocenters. The molecule has 0 radical (unpaired) electrons. The Morgan fingerprint density at radius 1 is 1.31 bits per heavy atom. The maximum atomic E-state index is 12.4. The second-order valence-electron chi connectivity index (χ2n) is 6.27. The van der Waals surface area contributed by atoms with Crippen LogP contribution in [0.2, 0.25) is 0 Å². The highest BCUT2D eigenvalue weighted by molar-refractivity contribution is 7.99. The highest BCUT2D eigenvalue weighted by atomic mass is 32.2. The summed E-state index contributed by atoms with van der Waals surface area (Å²) >= 11 is 1.13. The van der Waals surface area contributed by atoms with E-state index in [0.717, 1.165) is 11.8 Å². The van der Waals surface area contributed by atoms with Gasteiger partial charge in [-0.1, -0.05) is 30.0 Å². The van der Waals surface area contributed by atoms with Crippen LogP contribution in [0.1, 0.15) is 6.42 Å². The highest BCUT2D eigenvalue weighted by Crippen LogP contribution is 2.22. The molecule has 29 heavy (non-hydrogen) atoms. The quantitative estimate of drug-likeness (QED) is 0.424. The van der Waals surface area contributed by atoms with Gasteiger partial charge in [0.2, 0.25) is 0 Å². The van der Waals surface area contributed by atoms with E-state index in [2.05, 4.69) is 9.97 Å². The second-order valence-corrected chi connectivity index (χ2v) is 7.33. The van der Waals surface area contributed by atoms with Crippen molar-refractivity contribution in [2.45, 2.75) is 24.2 Å². The molecule has 11 heteroatoms. The Balaban J connectivity index is 1.88. The molecule has 0 saturated heterocycles. The fourth-order valence-corrected chi connectivity index (χ4v) is 3.63. The lowest BCUT2D eigenvalue weighted by Gasteiger charge is -2.15. The number of para-hydroxylation sites is 1. The fraction of sp³-hybridized carbons (Fsp3) is 0.333. The predicted octanol–water partition coefficient (Wildman–Crippen LogP) is 0.430. The first-order valence-electron chi connectivity index (χ1n) is 8.77. The summed E-state index contributed by atoms with van der Waals surface area (Å²) < 4.78 is 8.23. The third-order valence-corrected chi connectivity index (χ3v) is 5.08. The van der Waals surface area contributed by atoms with Crippen LogP contribution in [0.5, 0.6) is 5.75 Å². The minimum Gasteiger partial charge on any atom is -0.491 e. The number of aromatic amines is 1. The van der Waals surface area contributed by atoms with E-state index in [-0.39, 0.29) is 36.5 Å². The smallest absolute Gasteiger partial charge is 0.329 e. The molecule has 0 unspecified atom stereocenters.